The molecule has 2 aromatic rings. The van der Waals surface area contributed by atoms with Crippen LogP contribution in [0.5, 0.6) is 0 Å². The first-order valence-electron chi connectivity index (χ1n) is 7.58. The van der Waals surface area contributed by atoms with Gasteiger partial charge in [-0.05, 0) is 33.7 Å². The number of nitrogens with zero attached hydrogens (tertiary/aromatic N) is 7. The quantitative estimate of drug-likeness (QED) is 0.824. The Kier molecular flexibility index (Phi) is 2.69. The minimum absolute atomic E-state index is 0.127. The molecule has 112 valence electrons. The van der Waals surface area contributed by atoms with Crippen LogP contribution in [0.1, 0.15) is 32.7 Å². The fourth-order valence-electron chi connectivity index (χ4n) is 2.97. The third-order valence-electron chi connectivity index (χ3n) is 4.75. The Balaban J connectivity index is 1.73. The third kappa shape index (κ3) is 2.07. The molecule has 21 heavy (non-hydrogen) atoms. The number of likely N-dealkylation sites (N-methyl/N-ethyl adjacent to an activating group) is 1. The summed E-state index contributed by atoms with van der Waals surface area (Å²) in [4.78, 5) is 13.6. The first-order chi connectivity index (χ1) is 10.1. The third-order valence-corrected chi connectivity index (χ3v) is 4.75. The lowest BCUT2D eigenvalue weighted by molar-refractivity contribution is 0.138. The first-order valence-corrected chi connectivity index (χ1v) is 7.58. The highest BCUT2D eigenvalue weighted by molar-refractivity contribution is 5.82. The van der Waals surface area contributed by atoms with E-state index in [2.05, 4.69) is 51.0 Å². The summed E-state index contributed by atoms with van der Waals surface area (Å²) < 4.78 is 1.96. The fourth-order valence-corrected chi connectivity index (χ4v) is 2.97. The molecule has 4 rings (SSSR count). The van der Waals surface area contributed by atoms with Crippen molar-refractivity contribution in [2.75, 3.05) is 31.6 Å². The lowest BCUT2D eigenvalue weighted by atomic mass is 10.00. The van der Waals surface area contributed by atoms with Crippen LogP contribution in [0.3, 0.4) is 0 Å². The van der Waals surface area contributed by atoms with Crippen LogP contribution in [0.15, 0.2) is 6.33 Å². The Bertz CT molecular complexity index is 673. The number of piperazine rings is 1. The molecule has 3 heterocycles. The minimum Gasteiger partial charge on any atom is -0.351 e. The van der Waals surface area contributed by atoms with E-state index in [1.165, 1.54) is 12.8 Å². The molecular formula is C14H21N7. The lowest BCUT2D eigenvalue weighted by Gasteiger charge is -2.45. The van der Waals surface area contributed by atoms with Gasteiger partial charge in [0.2, 0.25) is 0 Å². The van der Waals surface area contributed by atoms with Crippen molar-refractivity contribution in [2.45, 2.75) is 38.3 Å². The van der Waals surface area contributed by atoms with Crippen LogP contribution in [0.2, 0.25) is 0 Å². The van der Waals surface area contributed by atoms with Gasteiger partial charge in [0.25, 0.3) is 0 Å². The summed E-state index contributed by atoms with van der Waals surface area (Å²) in [7, 11) is 2.18. The van der Waals surface area contributed by atoms with Crippen molar-refractivity contribution in [2.24, 2.45) is 0 Å². The largest absolute Gasteiger partial charge is 0.351 e. The Morgan fingerprint density at radius 1 is 1.19 bits per heavy atom. The van der Waals surface area contributed by atoms with E-state index in [0.717, 1.165) is 36.6 Å². The standard InChI is InChI=1S/C14H21N7/c1-14(2)8-20(7-6-19(14)3)12-11-13(16-9-15-12)21(18-17-11)10-4-5-10/h9-10H,4-8H2,1-3H3. The zero-order chi connectivity index (χ0) is 14.6. The van der Waals surface area contributed by atoms with Crippen LogP contribution >= 0.6 is 0 Å². The minimum atomic E-state index is 0.127. The van der Waals surface area contributed by atoms with Gasteiger partial charge in [0.15, 0.2) is 17.0 Å². The maximum absolute atomic E-state index is 4.49. The summed E-state index contributed by atoms with van der Waals surface area (Å²) in [5.74, 6) is 0.924. The molecule has 2 fully saturated rings. The van der Waals surface area contributed by atoms with E-state index in [1.54, 1.807) is 6.33 Å². The van der Waals surface area contributed by atoms with Crippen molar-refractivity contribution >= 4 is 17.0 Å². The van der Waals surface area contributed by atoms with Gasteiger partial charge in [0.05, 0.1) is 6.04 Å². The van der Waals surface area contributed by atoms with Crippen molar-refractivity contribution in [1.29, 1.82) is 0 Å². The number of hydrogen-bond donors (Lipinski definition) is 0. The number of rotatable bonds is 2. The van der Waals surface area contributed by atoms with Crippen LogP contribution in [0.25, 0.3) is 11.2 Å². The van der Waals surface area contributed by atoms with Gasteiger partial charge in [-0.3, -0.25) is 4.90 Å². The Morgan fingerprint density at radius 3 is 2.71 bits per heavy atom. The zero-order valence-electron chi connectivity index (χ0n) is 12.8. The van der Waals surface area contributed by atoms with Gasteiger partial charge in [-0.2, -0.15) is 0 Å². The van der Waals surface area contributed by atoms with E-state index in [1.807, 2.05) is 4.68 Å². The van der Waals surface area contributed by atoms with E-state index in [9.17, 15) is 0 Å². The summed E-state index contributed by atoms with van der Waals surface area (Å²) in [5, 5.41) is 8.65. The summed E-state index contributed by atoms with van der Waals surface area (Å²) in [6.07, 6.45) is 4.00. The molecular weight excluding hydrogens is 266 g/mol. The van der Waals surface area contributed by atoms with E-state index in [0.29, 0.717) is 6.04 Å². The summed E-state index contributed by atoms with van der Waals surface area (Å²) in [5.41, 5.74) is 1.84. The van der Waals surface area contributed by atoms with Gasteiger partial charge in [-0.15, -0.1) is 5.10 Å². The number of aromatic nitrogens is 5. The maximum atomic E-state index is 4.49. The Labute approximate surface area is 124 Å². The second-order valence-electron chi connectivity index (χ2n) is 6.79. The molecule has 0 bridgehead atoms. The predicted octanol–water partition coefficient (Wildman–Crippen LogP) is 1.09. The molecule has 1 aliphatic heterocycles. The van der Waals surface area contributed by atoms with Gasteiger partial charge >= 0.3 is 0 Å². The van der Waals surface area contributed by atoms with Crippen molar-refractivity contribution in [3.05, 3.63) is 6.33 Å². The Hall–Kier alpha value is -1.76. The Morgan fingerprint density at radius 2 is 2.00 bits per heavy atom. The van der Waals surface area contributed by atoms with Gasteiger partial charge in [0.1, 0.15) is 6.33 Å². The van der Waals surface area contributed by atoms with Crippen LogP contribution in [0, 0.1) is 0 Å². The fraction of sp³-hybridized carbons (Fsp3) is 0.714. The van der Waals surface area contributed by atoms with Crippen molar-refractivity contribution in [1.82, 2.24) is 29.9 Å². The normalized spacial score (nSPS) is 22.9. The lowest BCUT2D eigenvalue weighted by Crippen LogP contribution is -2.58. The molecule has 0 radical (unpaired) electrons. The molecule has 2 aromatic heterocycles. The zero-order valence-corrected chi connectivity index (χ0v) is 12.8. The van der Waals surface area contributed by atoms with Crippen molar-refractivity contribution in [3.8, 4) is 0 Å². The highest BCUT2D eigenvalue weighted by Crippen LogP contribution is 2.36. The SMILES string of the molecule is CN1CCN(c2ncnc3c2nnn3C2CC2)CC1(C)C. The molecule has 1 saturated carbocycles. The van der Waals surface area contributed by atoms with E-state index in [-0.39, 0.29) is 5.54 Å². The smallest absolute Gasteiger partial charge is 0.184 e. The summed E-state index contributed by atoms with van der Waals surface area (Å²) in [6.45, 7) is 7.45. The molecule has 0 atom stereocenters. The second kappa shape index (κ2) is 4.37. The molecule has 0 N–H and O–H groups in total. The second-order valence-corrected chi connectivity index (χ2v) is 6.79. The van der Waals surface area contributed by atoms with Gasteiger partial charge < -0.3 is 4.90 Å². The van der Waals surface area contributed by atoms with Gasteiger partial charge in [-0.1, -0.05) is 5.21 Å². The average molecular weight is 287 g/mol. The highest BCUT2D eigenvalue weighted by Gasteiger charge is 2.34. The maximum Gasteiger partial charge on any atom is 0.184 e. The topological polar surface area (TPSA) is 63.0 Å². The number of fused-ring (bicyclic) bond motifs is 1. The molecule has 1 saturated heterocycles. The monoisotopic (exact) mass is 287 g/mol. The van der Waals surface area contributed by atoms with E-state index < -0.39 is 0 Å². The molecule has 0 unspecified atom stereocenters. The molecule has 7 nitrogen and oxygen atoms in total. The number of hydrogen-bond acceptors (Lipinski definition) is 6. The van der Waals surface area contributed by atoms with Crippen LogP contribution < -0.4 is 4.90 Å². The van der Waals surface area contributed by atoms with Crippen LogP contribution in [-0.4, -0.2) is 62.1 Å². The van der Waals surface area contributed by atoms with Crippen molar-refractivity contribution in [3.63, 3.8) is 0 Å². The first kappa shape index (κ1) is 12.9. The van der Waals surface area contributed by atoms with Crippen molar-refractivity contribution < 1.29 is 0 Å². The van der Waals surface area contributed by atoms with Gasteiger partial charge in [0, 0.05) is 25.2 Å². The molecule has 0 amide bonds. The summed E-state index contributed by atoms with van der Waals surface area (Å²) in [6, 6.07) is 0.488. The highest BCUT2D eigenvalue weighted by atomic mass is 15.5. The van der Waals surface area contributed by atoms with Gasteiger partial charge in [-0.25, -0.2) is 14.6 Å². The molecule has 0 aromatic carbocycles. The average Bonchev–Trinajstić information content (AvgIpc) is 3.20. The van der Waals surface area contributed by atoms with Crippen LogP contribution in [-0.2, 0) is 0 Å². The molecule has 2 aliphatic rings. The predicted molar refractivity (Wildman–Crippen MR) is 80.3 cm³/mol. The summed E-state index contributed by atoms with van der Waals surface area (Å²) >= 11 is 0. The van der Waals surface area contributed by atoms with E-state index >= 15 is 0 Å². The van der Waals surface area contributed by atoms with E-state index in [4.69, 9.17) is 0 Å². The molecule has 1 aliphatic carbocycles. The van der Waals surface area contributed by atoms with Crippen LogP contribution in [0.4, 0.5) is 5.82 Å². The number of anilines is 1. The molecule has 7 heteroatoms. The molecule has 0 spiro atoms.